The Balaban J connectivity index is 2.20. The van der Waals surface area contributed by atoms with Crippen molar-refractivity contribution in [2.45, 2.75) is 13.5 Å². The average Bonchev–Trinajstić information content (AvgIpc) is 2.76. The van der Waals surface area contributed by atoms with Crippen molar-refractivity contribution in [1.29, 1.82) is 0 Å². The highest BCUT2D eigenvalue weighted by molar-refractivity contribution is 5.88. The van der Waals surface area contributed by atoms with Gasteiger partial charge in [0.25, 0.3) is 0 Å². The minimum atomic E-state index is -1.51. The second-order valence-electron chi connectivity index (χ2n) is 3.97. The Labute approximate surface area is 107 Å². The van der Waals surface area contributed by atoms with Gasteiger partial charge >= 0.3 is 5.97 Å². The molecule has 0 aliphatic rings. The minimum Gasteiger partial charge on any atom is -0.478 e. The Morgan fingerprint density at radius 1 is 1.42 bits per heavy atom. The number of carbonyl (C=O) groups is 1. The molecule has 5 nitrogen and oxygen atoms in total. The highest BCUT2D eigenvalue weighted by atomic mass is 19.2. The molecule has 0 saturated heterocycles. The minimum absolute atomic E-state index is 0.0944. The van der Waals surface area contributed by atoms with Crippen LogP contribution in [0.4, 0.5) is 14.5 Å². The quantitative estimate of drug-likeness (QED) is 0.794. The van der Waals surface area contributed by atoms with Crippen LogP contribution in [0.5, 0.6) is 0 Å². The Kier molecular flexibility index (Phi) is 3.46. The van der Waals surface area contributed by atoms with Crippen molar-refractivity contribution >= 4 is 11.7 Å². The molecule has 1 aromatic carbocycles. The van der Waals surface area contributed by atoms with Crippen molar-refractivity contribution in [3.05, 3.63) is 46.8 Å². The Bertz CT molecular complexity index is 625. The van der Waals surface area contributed by atoms with E-state index in [1.165, 1.54) is 6.07 Å². The van der Waals surface area contributed by atoms with Crippen molar-refractivity contribution < 1.29 is 18.7 Å². The van der Waals surface area contributed by atoms with Gasteiger partial charge in [-0.1, -0.05) is 0 Å². The SMILES string of the molecule is Cc1[nH]ncc1CNc1ccc(C(=O)O)c(F)c1F. The van der Waals surface area contributed by atoms with E-state index in [1.807, 2.05) is 0 Å². The summed E-state index contributed by atoms with van der Waals surface area (Å²) in [5.41, 5.74) is 0.836. The van der Waals surface area contributed by atoms with E-state index in [9.17, 15) is 13.6 Å². The van der Waals surface area contributed by atoms with Gasteiger partial charge in [0.1, 0.15) is 0 Å². The van der Waals surface area contributed by atoms with E-state index in [1.54, 1.807) is 13.1 Å². The van der Waals surface area contributed by atoms with Crippen LogP contribution in [0.2, 0.25) is 0 Å². The van der Waals surface area contributed by atoms with E-state index in [2.05, 4.69) is 15.5 Å². The number of nitrogens with one attached hydrogen (secondary N) is 2. The van der Waals surface area contributed by atoms with E-state index in [0.717, 1.165) is 17.3 Å². The summed E-state index contributed by atoms with van der Waals surface area (Å²) in [6.45, 7) is 2.06. The van der Waals surface area contributed by atoms with E-state index in [-0.39, 0.29) is 12.2 Å². The summed E-state index contributed by atoms with van der Waals surface area (Å²) in [6, 6.07) is 2.21. The van der Waals surface area contributed by atoms with Crippen molar-refractivity contribution in [3.63, 3.8) is 0 Å². The molecule has 1 heterocycles. The molecule has 0 aliphatic heterocycles. The summed E-state index contributed by atoms with van der Waals surface area (Å²) < 4.78 is 27.1. The molecule has 100 valence electrons. The Morgan fingerprint density at radius 2 is 2.16 bits per heavy atom. The highest BCUT2D eigenvalue weighted by Crippen LogP contribution is 2.21. The molecule has 0 bridgehead atoms. The Hall–Kier alpha value is -2.44. The topological polar surface area (TPSA) is 78.0 Å². The van der Waals surface area contributed by atoms with E-state index in [4.69, 9.17) is 5.11 Å². The lowest BCUT2D eigenvalue weighted by atomic mass is 10.1. The number of hydrogen-bond donors (Lipinski definition) is 3. The molecule has 0 radical (unpaired) electrons. The van der Waals surface area contributed by atoms with Gasteiger partial charge in [0.15, 0.2) is 11.6 Å². The smallest absolute Gasteiger partial charge is 0.338 e. The molecule has 0 aliphatic carbocycles. The van der Waals surface area contributed by atoms with Crippen LogP contribution in [-0.2, 0) is 6.54 Å². The lowest BCUT2D eigenvalue weighted by Gasteiger charge is -2.08. The van der Waals surface area contributed by atoms with Crippen molar-refractivity contribution in [2.75, 3.05) is 5.32 Å². The normalized spacial score (nSPS) is 10.5. The third-order valence-corrected chi connectivity index (χ3v) is 2.72. The number of carboxylic acid groups (broad SMARTS) is 1. The van der Waals surface area contributed by atoms with Crippen LogP contribution in [0.15, 0.2) is 18.3 Å². The molecule has 1 aromatic heterocycles. The molecular formula is C12H11F2N3O2. The summed E-state index contributed by atoms with van der Waals surface area (Å²) in [5, 5.41) is 17.9. The van der Waals surface area contributed by atoms with Crippen molar-refractivity contribution in [2.24, 2.45) is 0 Å². The predicted octanol–water partition coefficient (Wildman–Crippen LogP) is 2.31. The van der Waals surface area contributed by atoms with Crippen LogP contribution in [0.1, 0.15) is 21.6 Å². The van der Waals surface area contributed by atoms with Crippen LogP contribution in [0.3, 0.4) is 0 Å². The molecule has 2 rings (SSSR count). The van der Waals surface area contributed by atoms with Crippen molar-refractivity contribution in [1.82, 2.24) is 10.2 Å². The number of halogens is 2. The maximum absolute atomic E-state index is 13.6. The third-order valence-electron chi connectivity index (χ3n) is 2.72. The van der Waals surface area contributed by atoms with Crippen LogP contribution in [0.25, 0.3) is 0 Å². The number of H-pyrrole nitrogens is 1. The summed E-state index contributed by atoms with van der Waals surface area (Å²) in [4.78, 5) is 10.6. The number of rotatable bonds is 4. The number of aromatic carboxylic acids is 1. The number of aromatic amines is 1. The van der Waals surface area contributed by atoms with Crippen LogP contribution >= 0.6 is 0 Å². The Morgan fingerprint density at radius 3 is 2.74 bits per heavy atom. The number of nitrogens with zero attached hydrogens (tertiary/aromatic N) is 1. The number of hydrogen-bond acceptors (Lipinski definition) is 3. The largest absolute Gasteiger partial charge is 0.478 e. The summed E-state index contributed by atoms with van der Waals surface area (Å²) in [7, 11) is 0. The fourth-order valence-corrected chi connectivity index (χ4v) is 1.60. The van der Waals surface area contributed by atoms with Gasteiger partial charge in [0.2, 0.25) is 0 Å². The molecule has 19 heavy (non-hydrogen) atoms. The number of aryl methyl sites for hydroxylation is 1. The molecule has 2 aromatic rings. The number of anilines is 1. The molecule has 0 unspecified atom stereocenters. The average molecular weight is 267 g/mol. The number of aromatic nitrogens is 2. The monoisotopic (exact) mass is 267 g/mol. The third kappa shape index (κ3) is 2.54. The number of carboxylic acids is 1. The molecule has 0 saturated carbocycles. The van der Waals surface area contributed by atoms with Gasteiger partial charge < -0.3 is 10.4 Å². The molecule has 0 amide bonds. The molecule has 0 atom stereocenters. The molecule has 7 heteroatoms. The molecular weight excluding hydrogens is 256 g/mol. The van der Waals surface area contributed by atoms with Gasteiger partial charge in [-0.05, 0) is 19.1 Å². The first-order chi connectivity index (χ1) is 9.00. The zero-order valence-electron chi connectivity index (χ0n) is 10.00. The maximum atomic E-state index is 13.6. The van der Waals surface area contributed by atoms with Gasteiger partial charge in [-0.3, -0.25) is 5.10 Å². The van der Waals surface area contributed by atoms with Crippen LogP contribution in [0, 0.1) is 18.6 Å². The first kappa shape index (κ1) is 13.0. The number of benzene rings is 1. The van der Waals surface area contributed by atoms with Gasteiger partial charge in [0, 0.05) is 17.8 Å². The summed E-state index contributed by atoms with van der Waals surface area (Å²) >= 11 is 0. The highest BCUT2D eigenvalue weighted by Gasteiger charge is 2.17. The van der Waals surface area contributed by atoms with E-state index >= 15 is 0 Å². The second kappa shape index (κ2) is 5.05. The molecule has 0 fully saturated rings. The lowest BCUT2D eigenvalue weighted by molar-refractivity contribution is 0.0690. The van der Waals surface area contributed by atoms with Crippen LogP contribution in [-0.4, -0.2) is 21.3 Å². The van der Waals surface area contributed by atoms with Crippen molar-refractivity contribution in [3.8, 4) is 0 Å². The second-order valence-corrected chi connectivity index (χ2v) is 3.97. The molecule has 0 spiro atoms. The summed E-state index contributed by atoms with van der Waals surface area (Å²) in [6.07, 6.45) is 1.57. The van der Waals surface area contributed by atoms with E-state index in [0.29, 0.717) is 0 Å². The maximum Gasteiger partial charge on any atom is 0.338 e. The fourth-order valence-electron chi connectivity index (χ4n) is 1.60. The van der Waals surface area contributed by atoms with Gasteiger partial charge in [-0.2, -0.15) is 5.10 Å². The standard InChI is InChI=1S/C12H11F2N3O2/c1-6-7(5-16-17-6)4-15-9-3-2-8(12(18)19)10(13)11(9)14/h2-3,5,15H,4H2,1H3,(H,16,17)(H,18,19). The first-order valence-corrected chi connectivity index (χ1v) is 5.44. The lowest BCUT2D eigenvalue weighted by Crippen LogP contribution is -2.07. The first-order valence-electron chi connectivity index (χ1n) is 5.44. The zero-order chi connectivity index (χ0) is 14.0. The van der Waals surface area contributed by atoms with Gasteiger partial charge in [-0.25, -0.2) is 13.6 Å². The fraction of sp³-hybridized carbons (Fsp3) is 0.167. The van der Waals surface area contributed by atoms with Crippen LogP contribution < -0.4 is 5.32 Å². The predicted molar refractivity (Wildman–Crippen MR) is 64.0 cm³/mol. The van der Waals surface area contributed by atoms with Gasteiger partial charge in [-0.15, -0.1) is 0 Å². The summed E-state index contributed by atoms with van der Waals surface area (Å²) in [5.74, 6) is -4.09. The molecule has 3 N–H and O–H groups in total. The zero-order valence-corrected chi connectivity index (χ0v) is 10.00. The van der Waals surface area contributed by atoms with E-state index < -0.39 is 23.2 Å². The van der Waals surface area contributed by atoms with Gasteiger partial charge in [0.05, 0.1) is 17.4 Å².